The average Bonchev–Trinajstić information content (AvgIpc) is 2.35. The van der Waals surface area contributed by atoms with Crippen LogP contribution in [0.15, 0.2) is 0 Å². The van der Waals surface area contributed by atoms with Crippen LogP contribution in [0.25, 0.3) is 0 Å². The Morgan fingerprint density at radius 1 is 1.11 bits per heavy atom. The van der Waals surface area contributed by atoms with E-state index in [-0.39, 0.29) is 5.92 Å². The summed E-state index contributed by atoms with van der Waals surface area (Å²) in [6, 6.07) is 0.389. The van der Waals surface area contributed by atoms with E-state index in [9.17, 15) is 0 Å². The summed E-state index contributed by atoms with van der Waals surface area (Å²) in [4.78, 5) is 8.96. The Labute approximate surface area is 122 Å². The van der Waals surface area contributed by atoms with Crippen LogP contribution in [0.3, 0.4) is 0 Å². The molecule has 0 bridgehead atoms. The molecule has 1 unspecified atom stereocenters. The lowest BCUT2D eigenvalue weighted by atomic mass is 9.95. The summed E-state index contributed by atoms with van der Waals surface area (Å²) < 4.78 is 0. The van der Waals surface area contributed by atoms with Crippen LogP contribution >= 0.6 is 11.6 Å². The number of halogens is 1. The molecule has 0 fully saturated rings. The molecule has 0 amide bonds. The molecule has 0 saturated heterocycles. The van der Waals surface area contributed by atoms with Gasteiger partial charge < -0.3 is 5.32 Å². The summed E-state index contributed by atoms with van der Waals surface area (Å²) in [5, 5.41) is 4.07. The van der Waals surface area contributed by atoms with E-state index in [2.05, 4.69) is 49.9 Å². The molecule has 3 nitrogen and oxygen atoms in total. The van der Waals surface area contributed by atoms with Crippen LogP contribution in [0, 0.1) is 12.8 Å². The number of rotatable bonds is 6. The molecule has 0 aliphatic carbocycles. The zero-order chi connectivity index (χ0) is 14.6. The van der Waals surface area contributed by atoms with Gasteiger partial charge in [-0.15, -0.1) is 0 Å². The number of anilines is 1. The molecule has 1 atom stereocenters. The molecule has 1 aromatic heterocycles. The van der Waals surface area contributed by atoms with Crippen molar-refractivity contribution in [3.63, 3.8) is 0 Å². The lowest BCUT2D eigenvalue weighted by Gasteiger charge is -2.24. The van der Waals surface area contributed by atoms with Gasteiger partial charge in [-0.1, -0.05) is 52.1 Å². The van der Waals surface area contributed by atoms with E-state index in [0.717, 1.165) is 17.2 Å². The number of hydrogen-bond acceptors (Lipinski definition) is 3. The van der Waals surface area contributed by atoms with Crippen LogP contribution in [-0.4, -0.2) is 16.0 Å². The molecule has 19 heavy (non-hydrogen) atoms. The molecule has 0 radical (unpaired) electrons. The lowest BCUT2D eigenvalue weighted by Crippen LogP contribution is -2.26. The van der Waals surface area contributed by atoms with Gasteiger partial charge in [0.25, 0.3) is 0 Å². The summed E-state index contributed by atoms with van der Waals surface area (Å²) in [6.45, 7) is 12.8. The highest BCUT2D eigenvalue weighted by Crippen LogP contribution is 2.25. The predicted molar refractivity (Wildman–Crippen MR) is 83.0 cm³/mol. The summed E-state index contributed by atoms with van der Waals surface area (Å²) in [5.41, 5.74) is 0.934. The molecular weight excluding hydrogens is 258 g/mol. The number of nitrogens with zero attached hydrogens (tertiary/aromatic N) is 2. The largest absolute Gasteiger partial charge is 0.367 e. The maximum atomic E-state index is 6.20. The monoisotopic (exact) mass is 283 g/mol. The number of aromatic nitrogens is 2. The second-order valence-corrected chi connectivity index (χ2v) is 5.87. The Balaban J connectivity index is 2.99. The van der Waals surface area contributed by atoms with Gasteiger partial charge in [-0.05, 0) is 19.8 Å². The van der Waals surface area contributed by atoms with E-state index in [1.165, 1.54) is 12.8 Å². The van der Waals surface area contributed by atoms with Crippen LogP contribution in [0.2, 0.25) is 5.15 Å². The van der Waals surface area contributed by atoms with Gasteiger partial charge in [0.2, 0.25) is 0 Å². The predicted octanol–water partition coefficient (Wildman–Crippen LogP) is 4.80. The van der Waals surface area contributed by atoms with Crippen LogP contribution in [0.5, 0.6) is 0 Å². The normalized spacial score (nSPS) is 13.1. The van der Waals surface area contributed by atoms with Gasteiger partial charge in [-0.3, -0.25) is 0 Å². The molecule has 0 aliphatic rings. The van der Waals surface area contributed by atoms with Crippen molar-refractivity contribution in [3.8, 4) is 0 Å². The van der Waals surface area contributed by atoms with Gasteiger partial charge in [0.1, 0.15) is 16.8 Å². The summed E-state index contributed by atoms with van der Waals surface area (Å²) in [6.07, 6.45) is 2.33. The number of nitrogens with one attached hydrogen (secondary N) is 1. The maximum Gasteiger partial charge on any atom is 0.137 e. The van der Waals surface area contributed by atoms with Gasteiger partial charge in [0.05, 0.1) is 0 Å². The van der Waals surface area contributed by atoms with Gasteiger partial charge in [-0.25, -0.2) is 9.97 Å². The highest BCUT2D eigenvalue weighted by molar-refractivity contribution is 6.30. The SMILES string of the molecule is CCC(CC)C(C)Nc1nc(C(C)C)nc(Cl)c1C. The van der Waals surface area contributed by atoms with Crippen molar-refractivity contribution in [1.82, 2.24) is 9.97 Å². The Bertz CT molecular complexity index is 414. The van der Waals surface area contributed by atoms with Crippen LogP contribution < -0.4 is 5.32 Å². The van der Waals surface area contributed by atoms with Crippen molar-refractivity contribution in [2.45, 2.75) is 66.3 Å². The minimum absolute atomic E-state index is 0.280. The second-order valence-electron chi connectivity index (χ2n) is 5.51. The minimum Gasteiger partial charge on any atom is -0.367 e. The van der Waals surface area contributed by atoms with Crippen LogP contribution in [-0.2, 0) is 0 Å². The Hall–Kier alpha value is -0.830. The Morgan fingerprint density at radius 3 is 2.16 bits per heavy atom. The first-order chi connectivity index (χ1) is 8.90. The van der Waals surface area contributed by atoms with Crippen molar-refractivity contribution in [2.75, 3.05) is 5.32 Å². The van der Waals surface area contributed by atoms with Crippen molar-refractivity contribution in [2.24, 2.45) is 5.92 Å². The molecule has 1 aromatic rings. The molecule has 0 aromatic carbocycles. The molecule has 4 heteroatoms. The van der Waals surface area contributed by atoms with Crippen molar-refractivity contribution in [1.29, 1.82) is 0 Å². The third-order valence-corrected chi connectivity index (χ3v) is 4.11. The van der Waals surface area contributed by atoms with Crippen molar-refractivity contribution < 1.29 is 0 Å². The molecule has 1 N–H and O–H groups in total. The molecule has 108 valence electrons. The first kappa shape index (κ1) is 16.2. The highest BCUT2D eigenvalue weighted by atomic mass is 35.5. The van der Waals surface area contributed by atoms with E-state index < -0.39 is 0 Å². The van der Waals surface area contributed by atoms with Gasteiger partial charge >= 0.3 is 0 Å². The van der Waals surface area contributed by atoms with Crippen LogP contribution in [0.1, 0.15) is 64.8 Å². The maximum absolute atomic E-state index is 6.20. The van der Waals surface area contributed by atoms with E-state index in [0.29, 0.717) is 17.1 Å². The first-order valence-corrected chi connectivity index (χ1v) is 7.58. The summed E-state index contributed by atoms with van der Waals surface area (Å²) in [7, 11) is 0. The second kappa shape index (κ2) is 7.09. The van der Waals surface area contributed by atoms with Crippen molar-refractivity contribution in [3.05, 3.63) is 16.5 Å². The minimum atomic E-state index is 0.280. The zero-order valence-corrected chi connectivity index (χ0v) is 13.7. The standard InChI is InChI=1S/C15H26ClN3/c1-7-12(8-2)11(6)17-15-10(5)13(16)18-14(19-15)9(3)4/h9,11-12H,7-8H2,1-6H3,(H,17,18,19). The van der Waals surface area contributed by atoms with Gasteiger partial charge in [0, 0.05) is 17.5 Å². The first-order valence-electron chi connectivity index (χ1n) is 7.21. The molecule has 0 saturated carbocycles. The van der Waals surface area contributed by atoms with Crippen molar-refractivity contribution >= 4 is 17.4 Å². The topological polar surface area (TPSA) is 37.8 Å². The summed E-state index contributed by atoms with van der Waals surface area (Å²) in [5.74, 6) is 2.61. The Morgan fingerprint density at radius 2 is 1.68 bits per heavy atom. The molecule has 1 heterocycles. The van der Waals surface area contributed by atoms with Gasteiger partial charge in [0.15, 0.2) is 0 Å². The van der Waals surface area contributed by atoms with Crippen LogP contribution in [0.4, 0.5) is 5.82 Å². The highest BCUT2D eigenvalue weighted by Gasteiger charge is 2.17. The third-order valence-electron chi connectivity index (χ3n) is 3.74. The average molecular weight is 284 g/mol. The molecule has 1 rings (SSSR count). The fraction of sp³-hybridized carbons (Fsp3) is 0.733. The molecule has 0 aliphatic heterocycles. The van der Waals surface area contributed by atoms with Gasteiger partial charge in [-0.2, -0.15) is 0 Å². The zero-order valence-electron chi connectivity index (χ0n) is 12.9. The third kappa shape index (κ3) is 4.07. The fourth-order valence-corrected chi connectivity index (χ4v) is 2.41. The number of hydrogen-bond donors (Lipinski definition) is 1. The molecule has 0 spiro atoms. The Kier molecular flexibility index (Phi) is 6.05. The van der Waals surface area contributed by atoms with E-state index in [1.807, 2.05) is 6.92 Å². The summed E-state index contributed by atoms with van der Waals surface area (Å²) >= 11 is 6.20. The smallest absolute Gasteiger partial charge is 0.137 e. The van der Waals surface area contributed by atoms with E-state index in [1.54, 1.807) is 0 Å². The van der Waals surface area contributed by atoms with E-state index in [4.69, 9.17) is 11.6 Å². The fourth-order valence-electron chi connectivity index (χ4n) is 2.23. The lowest BCUT2D eigenvalue weighted by molar-refractivity contribution is 0.436. The quantitative estimate of drug-likeness (QED) is 0.762. The van der Waals surface area contributed by atoms with E-state index >= 15 is 0 Å². The molecular formula is C15H26ClN3.